The second-order valence-electron chi connectivity index (χ2n) is 3.15. The Balaban J connectivity index is 2.83. The molecule has 1 fully saturated rings. The summed E-state index contributed by atoms with van der Waals surface area (Å²) in [4.78, 5) is 21.1. The minimum atomic E-state index is -1.44. The molecule has 0 spiro atoms. The number of carbonyl (C=O) groups is 2. The summed E-state index contributed by atoms with van der Waals surface area (Å²) < 4.78 is 9.76. The van der Waals surface area contributed by atoms with Crippen LogP contribution in [-0.4, -0.2) is 40.1 Å². The number of aliphatic carboxylic acids is 2. The lowest BCUT2D eigenvalue weighted by atomic mass is 10.2. The molecule has 13 heavy (non-hydrogen) atoms. The summed E-state index contributed by atoms with van der Waals surface area (Å²) in [6.45, 7) is 2.93. The molecule has 0 aromatic rings. The van der Waals surface area contributed by atoms with Gasteiger partial charge in [-0.25, -0.2) is 9.59 Å². The Morgan fingerprint density at radius 1 is 1.08 bits per heavy atom. The Morgan fingerprint density at radius 3 is 1.62 bits per heavy atom. The van der Waals surface area contributed by atoms with Gasteiger partial charge in [-0.05, 0) is 13.8 Å². The third-order valence-corrected chi connectivity index (χ3v) is 1.58. The van der Waals surface area contributed by atoms with Crippen molar-refractivity contribution in [3.63, 3.8) is 0 Å². The summed E-state index contributed by atoms with van der Waals surface area (Å²) >= 11 is 0. The maximum absolute atomic E-state index is 10.5. The maximum Gasteiger partial charge on any atom is 0.336 e. The van der Waals surface area contributed by atoms with Crippen molar-refractivity contribution in [1.29, 1.82) is 0 Å². The minimum Gasteiger partial charge on any atom is -0.479 e. The number of hydrogen-bond acceptors (Lipinski definition) is 4. The van der Waals surface area contributed by atoms with Crippen molar-refractivity contribution in [2.75, 3.05) is 0 Å². The van der Waals surface area contributed by atoms with Gasteiger partial charge in [0, 0.05) is 0 Å². The molecule has 0 aromatic carbocycles. The van der Waals surface area contributed by atoms with Crippen LogP contribution < -0.4 is 0 Å². The standard InChI is InChI=1S/C7H10O6/c1-7(2)12-3(5(8)9)4(13-7)6(10)11/h3-4H,1-2H3,(H,8,9)(H,10,11)/t3-,4+. The van der Waals surface area contributed by atoms with Crippen molar-refractivity contribution in [1.82, 2.24) is 0 Å². The molecule has 0 aliphatic carbocycles. The SMILES string of the molecule is CC1(C)O[C@H](C(=O)O)[C@H](C(=O)O)O1. The lowest BCUT2D eigenvalue weighted by Crippen LogP contribution is -2.36. The number of carboxylic acid groups (broad SMARTS) is 2. The summed E-state index contributed by atoms with van der Waals surface area (Å²) in [5.41, 5.74) is 0. The van der Waals surface area contributed by atoms with E-state index in [0.29, 0.717) is 0 Å². The quantitative estimate of drug-likeness (QED) is 0.619. The number of ether oxygens (including phenoxy) is 2. The maximum atomic E-state index is 10.5. The predicted octanol–water partition coefficient (Wildman–Crippen LogP) is -0.324. The van der Waals surface area contributed by atoms with Crippen molar-refractivity contribution in [3.05, 3.63) is 0 Å². The zero-order chi connectivity index (χ0) is 10.2. The average Bonchev–Trinajstić information content (AvgIpc) is 2.26. The van der Waals surface area contributed by atoms with Crippen molar-refractivity contribution < 1.29 is 29.3 Å². The van der Waals surface area contributed by atoms with Crippen LogP contribution in [0.15, 0.2) is 0 Å². The predicted molar refractivity (Wildman–Crippen MR) is 39.1 cm³/mol. The fourth-order valence-electron chi connectivity index (χ4n) is 1.12. The Morgan fingerprint density at radius 2 is 1.38 bits per heavy atom. The molecule has 1 aliphatic heterocycles. The molecular weight excluding hydrogens is 180 g/mol. The molecule has 74 valence electrons. The van der Waals surface area contributed by atoms with Crippen molar-refractivity contribution in [3.8, 4) is 0 Å². The molecule has 2 atom stereocenters. The van der Waals surface area contributed by atoms with Gasteiger partial charge in [0.15, 0.2) is 18.0 Å². The van der Waals surface area contributed by atoms with Crippen molar-refractivity contribution >= 4 is 11.9 Å². The highest BCUT2D eigenvalue weighted by atomic mass is 16.8. The molecule has 2 N–H and O–H groups in total. The van der Waals surface area contributed by atoms with Crippen molar-refractivity contribution in [2.24, 2.45) is 0 Å². The van der Waals surface area contributed by atoms with Crippen LogP contribution in [0, 0.1) is 0 Å². The van der Waals surface area contributed by atoms with E-state index in [1.807, 2.05) is 0 Å². The van der Waals surface area contributed by atoms with E-state index in [-0.39, 0.29) is 0 Å². The summed E-state index contributed by atoms with van der Waals surface area (Å²) in [5, 5.41) is 17.2. The van der Waals surface area contributed by atoms with E-state index in [4.69, 9.17) is 19.7 Å². The highest BCUT2D eigenvalue weighted by Gasteiger charge is 2.49. The largest absolute Gasteiger partial charge is 0.479 e. The van der Waals surface area contributed by atoms with Crippen LogP contribution in [0.1, 0.15) is 13.8 Å². The van der Waals surface area contributed by atoms with Gasteiger partial charge in [0.05, 0.1) is 0 Å². The van der Waals surface area contributed by atoms with Crippen LogP contribution in [0.4, 0.5) is 0 Å². The third-order valence-electron chi connectivity index (χ3n) is 1.58. The molecular formula is C7H10O6. The highest BCUT2D eigenvalue weighted by molar-refractivity contribution is 5.84. The van der Waals surface area contributed by atoms with Crippen LogP contribution in [0.2, 0.25) is 0 Å². The van der Waals surface area contributed by atoms with E-state index in [2.05, 4.69) is 0 Å². The zero-order valence-corrected chi connectivity index (χ0v) is 7.18. The summed E-state index contributed by atoms with van der Waals surface area (Å²) in [6, 6.07) is 0. The molecule has 0 radical (unpaired) electrons. The van der Waals surface area contributed by atoms with Gasteiger partial charge in [-0.3, -0.25) is 0 Å². The molecule has 1 saturated heterocycles. The van der Waals surface area contributed by atoms with Gasteiger partial charge in [-0.1, -0.05) is 0 Å². The van der Waals surface area contributed by atoms with Crippen LogP contribution in [-0.2, 0) is 19.1 Å². The van der Waals surface area contributed by atoms with E-state index in [9.17, 15) is 9.59 Å². The molecule has 6 nitrogen and oxygen atoms in total. The van der Waals surface area contributed by atoms with Gasteiger partial charge in [0.25, 0.3) is 0 Å². The van der Waals surface area contributed by atoms with E-state index in [0.717, 1.165) is 0 Å². The molecule has 6 heteroatoms. The Bertz CT molecular complexity index is 221. The molecule has 0 amide bonds. The summed E-state index contributed by atoms with van der Waals surface area (Å²) in [7, 11) is 0. The zero-order valence-electron chi connectivity index (χ0n) is 7.18. The number of carboxylic acids is 2. The molecule has 1 rings (SSSR count). The second-order valence-corrected chi connectivity index (χ2v) is 3.15. The van der Waals surface area contributed by atoms with Crippen LogP contribution in [0.5, 0.6) is 0 Å². The highest BCUT2D eigenvalue weighted by Crippen LogP contribution is 2.28. The average molecular weight is 190 g/mol. The molecule has 0 bridgehead atoms. The molecule has 0 saturated carbocycles. The number of rotatable bonds is 2. The first kappa shape index (κ1) is 9.94. The van der Waals surface area contributed by atoms with E-state index >= 15 is 0 Å². The normalized spacial score (nSPS) is 31.5. The Kier molecular flexibility index (Phi) is 2.27. The summed E-state index contributed by atoms with van der Waals surface area (Å²) in [5.74, 6) is -3.83. The summed E-state index contributed by atoms with van der Waals surface area (Å²) in [6.07, 6.45) is -2.88. The van der Waals surface area contributed by atoms with Gasteiger partial charge in [0.2, 0.25) is 0 Å². The van der Waals surface area contributed by atoms with Crippen molar-refractivity contribution in [2.45, 2.75) is 31.8 Å². The van der Waals surface area contributed by atoms with Gasteiger partial charge in [0.1, 0.15) is 0 Å². The van der Waals surface area contributed by atoms with Gasteiger partial charge < -0.3 is 19.7 Å². The molecule has 0 aromatic heterocycles. The lowest BCUT2D eigenvalue weighted by Gasteiger charge is -2.15. The van der Waals surface area contributed by atoms with Crippen LogP contribution >= 0.6 is 0 Å². The Hall–Kier alpha value is -1.14. The molecule has 0 unspecified atom stereocenters. The topological polar surface area (TPSA) is 93.1 Å². The number of hydrogen-bond donors (Lipinski definition) is 2. The second kappa shape index (κ2) is 2.97. The first-order valence-corrected chi connectivity index (χ1v) is 3.65. The van der Waals surface area contributed by atoms with Crippen LogP contribution in [0.25, 0.3) is 0 Å². The third kappa shape index (κ3) is 1.96. The smallest absolute Gasteiger partial charge is 0.336 e. The van der Waals surface area contributed by atoms with Gasteiger partial charge in [-0.2, -0.15) is 0 Å². The fourth-order valence-corrected chi connectivity index (χ4v) is 1.12. The first-order chi connectivity index (χ1) is 5.83. The Labute approximate surface area is 74.1 Å². The lowest BCUT2D eigenvalue weighted by molar-refractivity contribution is -0.169. The van der Waals surface area contributed by atoms with Gasteiger partial charge >= 0.3 is 11.9 Å². The van der Waals surface area contributed by atoms with Gasteiger partial charge in [-0.15, -0.1) is 0 Å². The molecule has 1 heterocycles. The van der Waals surface area contributed by atoms with E-state index in [1.54, 1.807) is 0 Å². The van der Waals surface area contributed by atoms with Crippen LogP contribution in [0.3, 0.4) is 0 Å². The van der Waals surface area contributed by atoms with E-state index in [1.165, 1.54) is 13.8 Å². The first-order valence-electron chi connectivity index (χ1n) is 3.65. The minimum absolute atomic E-state index is 1.16. The monoisotopic (exact) mass is 190 g/mol. The fraction of sp³-hybridized carbons (Fsp3) is 0.714. The van der Waals surface area contributed by atoms with E-state index < -0.39 is 29.9 Å². The molecule has 1 aliphatic rings.